The van der Waals surface area contributed by atoms with Gasteiger partial charge in [0.25, 0.3) is 0 Å². The van der Waals surface area contributed by atoms with Gasteiger partial charge in [-0.2, -0.15) is 0 Å². The molecule has 1 aliphatic carbocycles. The lowest BCUT2D eigenvalue weighted by molar-refractivity contribution is -0.180. The van der Waals surface area contributed by atoms with Gasteiger partial charge in [0, 0.05) is 6.61 Å². The molecule has 0 aromatic rings. The number of ether oxygens (including phenoxy) is 1. The predicted octanol–water partition coefficient (Wildman–Crippen LogP) is 2.59. The molecule has 0 aromatic heterocycles. The summed E-state index contributed by atoms with van der Waals surface area (Å²) < 4.78 is 5.60. The lowest BCUT2D eigenvalue weighted by atomic mass is 9.63. The van der Waals surface area contributed by atoms with E-state index in [0.29, 0.717) is 19.4 Å². The van der Waals surface area contributed by atoms with Crippen LogP contribution in [0.1, 0.15) is 51.9 Å². The van der Waals surface area contributed by atoms with Gasteiger partial charge in [-0.15, -0.1) is 0 Å². The van der Waals surface area contributed by atoms with Gasteiger partial charge in [0.2, 0.25) is 0 Å². The first kappa shape index (κ1) is 10.9. The summed E-state index contributed by atoms with van der Waals surface area (Å²) in [5.41, 5.74) is -0.650. The molecule has 1 saturated heterocycles. The highest BCUT2D eigenvalue weighted by atomic mass is 16.5. The zero-order valence-electron chi connectivity index (χ0n) is 9.42. The Morgan fingerprint density at radius 2 is 2.00 bits per heavy atom. The molecule has 2 rings (SSSR count). The van der Waals surface area contributed by atoms with E-state index in [-0.39, 0.29) is 5.41 Å². The topological polar surface area (TPSA) is 46.5 Å². The van der Waals surface area contributed by atoms with Crippen molar-refractivity contribution in [2.45, 2.75) is 57.5 Å². The molecule has 2 fully saturated rings. The minimum atomic E-state index is -0.868. The molecule has 1 aliphatic heterocycles. The smallest absolute Gasteiger partial charge is 0.335 e. The first-order valence-electron chi connectivity index (χ1n) is 5.94. The molecule has 0 spiro atoms. The quantitative estimate of drug-likeness (QED) is 0.782. The van der Waals surface area contributed by atoms with Gasteiger partial charge >= 0.3 is 5.97 Å². The molecule has 0 amide bonds. The van der Waals surface area contributed by atoms with Crippen LogP contribution in [0, 0.1) is 5.41 Å². The molecule has 1 unspecified atom stereocenters. The lowest BCUT2D eigenvalue weighted by Gasteiger charge is -2.45. The van der Waals surface area contributed by atoms with Crippen LogP contribution in [0.5, 0.6) is 0 Å². The van der Waals surface area contributed by atoms with E-state index in [1.54, 1.807) is 0 Å². The first-order chi connectivity index (χ1) is 7.06. The van der Waals surface area contributed by atoms with E-state index in [0.717, 1.165) is 25.7 Å². The van der Waals surface area contributed by atoms with Crippen molar-refractivity contribution >= 4 is 5.97 Å². The Labute approximate surface area is 90.8 Å². The molecule has 0 bridgehead atoms. The summed E-state index contributed by atoms with van der Waals surface area (Å²) in [4.78, 5) is 11.4. The number of hydrogen-bond donors (Lipinski definition) is 1. The highest BCUT2D eigenvalue weighted by molar-refractivity contribution is 5.77. The number of rotatable bonds is 3. The molecule has 3 nitrogen and oxygen atoms in total. The van der Waals surface area contributed by atoms with Gasteiger partial charge in [-0.25, -0.2) is 4.79 Å². The van der Waals surface area contributed by atoms with Crippen molar-refractivity contribution in [3.8, 4) is 0 Å². The summed E-state index contributed by atoms with van der Waals surface area (Å²) in [5, 5.41) is 9.35. The first-order valence-corrected chi connectivity index (χ1v) is 5.94. The molecule has 1 atom stereocenters. The third-order valence-corrected chi connectivity index (χ3v) is 4.02. The van der Waals surface area contributed by atoms with Crippen LogP contribution in [-0.4, -0.2) is 23.3 Å². The van der Waals surface area contributed by atoms with E-state index >= 15 is 0 Å². The number of carboxylic acid groups (broad SMARTS) is 1. The zero-order chi connectivity index (χ0) is 10.9. The van der Waals surface area contributed by atoms with E-state index in [4.69, 9.17) is 4.74 Å². The Kier molecular flexibility index (Phi) is 2.75. The fourth-order valence-corrected chi connectivity index (χ4v) is 2.88. The molecular formula is C12H20O3. The van der Waals surface area contributed by atoms with Gasteiger partial charge in [0.05, 0.1) is 0 Å². The van der Waals surface area contributed by atoms with Crippen LogP contribution >= 0.6 is 0 Å². The lowest BCUT2D eigenvalue weighted by Crippen LogP contribution is -2.49. The average molecular weight is 212 g/mol. The minimum Gasteiger partial charge on any atom is -0.479 e. The second-order valence-electron chi connectivity index (χ2n) is 5.45. The maximum atomic E-state index is 11.4. The van der Waals surface area contributed by atoms with E-state index in [9.17, 15) is 9.90 Å². The molecule has 1 heterocycles. The molecule has 86 valence electrons. The van der Waals surface area contributed by atoms with Crippen LogP contribution < -0.4 is 0 Å². The van der Waals surface area contributed by atoms with Crippen LogP contribution in [0.3, 0.4) is 0 Å². The molecule has 1 N–H and O–H groups in total. The van der Waals surface area contributed by atoms with Crippen LogP contribution in [0.2, 0.25) is 0 Å². The number of aliphatic carboxylic acids is 1. The number of hydrogen-bond acceptors (Lipinski definition) is 2. The van der Waals surface area contributed by atoms with Gasteiger partial charge in [-0.3, -0.25) is 0 Å². The van der Waals surface area contributed by atoms with Crippen molar-refractivity contribution in [2.24, 2.45) is 5.41 Å². The van der Waals surface area contributed by atoms with Crippen molar-refractivity contribution in [1.29, 1.82) is 0 Å². The molecule has 0 radical (unpaired) electrons. The van der Waals surface area contributed by atoms with Crippen molar-refractivity contribution in [2.75, 3.05) is 6.61 Å². The van der Waals surface area contributed by atoms with Crippen molar-refractivity contribution in [3.63, 3.8) is 0 Å². The summed E-state index contributed by atoms with van der Waals surface area (Å²) in [5.74, 6) is -0.754. The monoisotopic (exact) mass is 212 g/mol. The zero-order valence-corrected chi connectivity index (χ0v) is 9.42. The second-order valence-corrected chi connectivity index (χ2v) is 5.45. The summed E-state index contributed by atoms with van der Waals surface area (Å²) >= 11 is 0. The number of carbonyl (C=O) groups is 1. The fraction of sp³-hybridized carbons (Fsp3) is 0.917. The van der Waals surface area contributed by atoms with E-state index in [1.165, 1.54) is 6.42 Å². The van der Waals surface area contributed by atoms with Gasteiger partial charge in [-0.1, -0.05) is 13.3 Å². The Bertz CT molecular complexity index is 250. The van der Waals surface area contributed by atoms with Crippen LogP contribution in [0.25, 0.3) is 0 Å². The highest BCUT2D eigenvalue weighted by Gasteiger charge is 2.48. The maximum Gasteiger partial charge on any atom is 0.335 e. The standard InChI is InChI=1S/C12H20O3/c1-11(5-4-6-11)9-12(10(13)14)7-2-3-8-15-12/h2-9H2,1H3,(H,13,14). The molecule has 2 aliphatic rings. The number of carboxylic acids is 1. The Balaban J connectivity index is 2.07. The predicted molar refractivity (Wildman–Crippen MR) is 56.7 cm³/mol. The van der Waals surface area contributed by atoms with E-state index in [1.807, 2.05) is 0 Å². The van der Waals surface area contributed by atoms with Crippen LogP contribution in [0.4, 0.5) is 0 Å². The Morgan fingerprint density at radius 1 is 1.27 bits per heavy atom. The van der Waals surface area contributed by atoms with Crippen LogP contribution in [-0.2, 0) is 9.53 Å². The van der Waals surface area contributed by atoms with E-state index < -0.39 is 11.6 Å². The summed E-state index contributed by atoms with van der Waals surface area (Å²) in [6, 6.07) is 0. The normalized spacial score (nSPS) is 34.5. The largest absolute Gasteiger partial charge is 0.479 e. The highest BCUT2D eigenvalue weighted by Crippen LogP contribution is 2.48. The molecule has 3 heteroatoms. The van der Waals surface area contributed by atoms with Crippen molar-refractivity contribution in [1.82, 2.24) is 0 Å². The fourth-order valence-electron chi connectivity index (χ4n) is 2.88. The van der Waals surface area contributed by atoms with Gasteiger partial charge in [-0.05, 0) is 43.9 Å². The second kappa shape index (κ2) is 3.78. The molecule has 0 aromatic carbocycles. The maximum absolute atomic E-state index is 11.4. The third kappa shape index (κ3) is 2.03. The summed E-state index contributed by atoms with van der Waals surface area (Å²) in [6.45, 7) is 2.81. The van der Waals surface area contributed by atoms with E-state index in [2.05, 4.69) is 6.92 Å². The van der Waals surface area contributed by atoms with Crippen molar-refractivity contribution < 1.29 is 14.6 Å². The third-order valence-electron chi connectivity index (χ3n) is 4.02. The van der Waals surface area contributed by atoms with Crippen LogP contribution in [0.15, 0.2) is 0 Å². The van der Waals surface area contributed by atoms with Gasteiger partial charge in [0.15, 0.2) is 5.60 Å². The average Bonchev–Trinajstić information content (AvgIpc) is 2.16. The minimum absolute atomic E-state index is 0.218. The molecule has 15 heavy (non-hydrogen) atoms. The SMILES string of the molecule is CC1(CC2(C(=O)O)CCCCO2)CCC1. The molecular weight excluding hydrogens is 192 g/mol. The Morgan fingerprint density at radius 3 is 2.40 bits per heavy atom. The summed E-state index contributed by atoms with van der Waals surface area (Å²) in [7, 11) is 0. The Hall–Kier alpha value is -0.570. The van der Waals surface area contributed by atoms with Gasteiger partial charge in [0.1, 0.15) is 0 Å². The molecule has 1 saturated carbocycles. The van der Waals surface area contributed by atoms with Crippen molar-refractivity contribution in [3.05, 3.63) is 0 Å². The summed E-state index contributed by atoms with van der Waals surface area (Å²) in [6.07, 6.45) is 6.95. The van der Waals surface area contributed by atoms with Gasteiger partial charge < -0.3 is 9.84 Å².